The van der Waals surface area contributed by atoms with Crippen molar-refractivity contribution in [2.24, 2.45) is 5.73 Å². The van der Waals surface area contributed by atoms with Gasteiger partial charge in [-0.15, -0.1) is 0 Å². The van der Waals surface area contributed by atoms with Crippen LogP contribution in [0.15, 0.2) is 0 Å². The summed E-state index contributed by atoms with van der Waals surface area (Å²) >= 11 is 0. The Morgan fingerprint density at radius 3 is 2.71 bits per heavy atom. The first kappa shape index (κ1) is 14.2. The molecule has 2 atom stereocenters. The zero-order valence-electron chi connectivity index (χ0n) is 10.0. The maximum atomic E-state index is 12.0. The topological polar surface area (TPSA) is 102 Å². The van der Waals surface area contributed by atoms with Gasteiger partial charge in [-0.05, 0) is 19.8 Å². The van der Waals surface area contributed by atoms with Gasteiger partial charge < -0.3 is 10.5 Å². The van der Waals surface area contributed by atoms with E-state index in [-0.39, 0.29) is 18.6 Å². The lowest BCUT2D eigenvalue weighted by molar-refractivity contribution is 0.171. The van der Waals surface area contributed by atoms with E-state index in [1.54, 1.807) is 6.92 Å². The minimum absolute atomic E-state index is 0.167. The first-order chi connectivity index (χ1) is 7.92. The number of rotatable bonds is 3. The molecule has 0 aromatic carbocycles. The predicted molar refractivity (Wildman–Crippen MR) is 62.5 cm³/mol. The zero-order valence-corrected chi connectivity index (χ0v) is 10.9. The number of carbonyl (C=O) groups excluding carboxylic acids is 1. The van der Waals surface area contributed by atoms with Gasteiger partial charge >= 0.3 is 16.3 Å². The number of hydrogen-bond acceptors (Lipinski definition) is 5. The lowest BCUT2D eigenvalue weighted by Crippen LogP contribution is -2.56. The number of nitrogens with one attached hydrogen (secondary N) is 1. The molecule has 17 heavy (non-hydrogen) atoms. The molecule has 1 saturated heterocycles. The van der Waals surface area contributed by atoms with E-state index < -0.39 is 16.3 Å². The van der Waals surface area contributed by atoms with E-state index >= 15 is 0 Å². The SMILES string of the molecule is COC(=O)NS(=O)(=O)N1C(C)CCCC1CN. The number of nitrogens with two attached hydrogens (primary N) is 1. The highest BCUT2D eigenvalue weighted by molar-refractivity contribution is 7.87. The molecule has 0 saturated carbocycles. The molecular weight excluding hydrogens is 246 g/mol. The molecule has 2 unspecified atom stereocenters. The Bertz CT molecular complexity index is 370. The minimum atomic E-state index is -3.88. The monoisotopic (exact) mass is 265 g/mol. The molecule has 1 aliphatic rings. The third-order valence-electron chi connectivity index (χ3n) is 2.90. The highest BCUT2D eigenvalue weighted by atomic mass is 32.2. The van der Waals surface area contributed by atoms with Gasteiger partial charge in [-0.2, -0.15) is 12.7 Å². The van der Waals surface area contributed by atoms with Gasteiger partial charge in [-0.1, -0.05) is 6.42 Å². The van der Waals surface area contributed by atoms with Crippen molar-refractivity contribution in [3.63, 3.8) is 0 Å². The molecule has 1 amide bonds. The highest BCUT2D eigenvalue weighted by Gasteiger charge is 2.37. The summed E-state index contributed by atoms with van der Waals surface area (Å²) in [5.74, 6) is 0. The Morgan fingerprint density at radius 2 is 2.18 bits per heavy atom. The third kappa shape index (κ3) is 3.30. The highest BCUT2D eigenvalue weighted by Crippen LogP contribution is 2.24. The van der Waals surface area contributed by atoms with E-state index in [1.165, 1.54) is 4.31 Å². The molecule has 8 heteroatoms. The Balaban J connectivity index is 2.89. The zero-order chi connectivity index (χ0) is 13.1. The fourth-order valence-corrected chi connectivity index (χ4v) is 3.68. The van der Waals surface area contributed by atoms with Crippen molar-refractivity contribution >= 4 is 16.3 Å². The Hall–Kier alpha value is -0.860. The van der Waals surface area contributed by atoms with Crippen LogP contribution in [0.25, 0.3) is 0 Å². The summed E-state index contributed by atoms with van der Waals surface area (Å²) in [6.45, 7) is 2.05. The van der Waals surface area contributed by atoms with Crippen LogP contribution in [0.2, 0.25) is 0 Å². The van der Waals surface area contributed by atoms with Crippen LogP contribution in [-0.2, 0) is 14.9 Å². The minimum Gasteiger partial charge on any atom is -0.452 e. The second-order valence-corrected chi connectivity index (χ2v) is 5.67. The molecule has 0 aromatic rings. The van der Waals surface area contributed by atoms with E-state index in [0.29, 0.717) is 6.42 Å². The van der Waals surface area contributed by atoms with Crippen LogP contribution in [0.1, 0.15) is 26.2 Å². The summed E-state index contributed by atoms with van der Waals surface area (Å²) in [7, 11) is -2.76. The second-order valence-electron chi connectivity index (χ2n) is 4.10. The van der Waals surface area contributed by atoms with E-state index in [2.05, 4.69) is 4.74 Å². The van der Waals surface area contributed by atoms with E-state index in [0.717, 1.165) is 20.0 Å². The van der Waals surface area contributed by atoms with Gasteiger partial charge in [0.2, 0.25) is 0 Å². The van der Waals surface area contributed by atoms with Gasteiger partial charge in [-0.3, -0.25) is 0 Å². The summed E-state index contributed by atoms with van der Waals surface area (Å²) in [5.41, 5.74) is 5.57. The van der Waals surface area contributed by atoms with Crippen molar-refractivity contribution in [3.05, 3.63) is 0 Å². The van der Waals surface area contributed by atoms with Gasteiger partial charge in [0.05, 0.1) is 7.11 Å². The first-order valence-electron chi connectivity index (χ1n) is 5.51. The molecule has 3 N–H and O–H groups in total. The first-order valence-corrected chi connectivity index (χ1v) is 6.95. The van der Waals surface area contributed by atoms with Crippen molar-refractivity contribution in [2.45, 2.75) is 38.3 Å². The summed E-state index contributed by atoms with van der Waals surface area (Å²) in [5, 5.41) is 0. The molecule has 7 nitrogen and oxygen atoms in total. The van der Waals surface area contributed by atoms with Gasteiger partial charge in [0.1, 0.15) is 0 Å². The van der Waals surface area contributed by atoms with Crippen molar-refractivity contribution in [2.75, 3.05) is 13.7 Å². The number of piperidine rings is 1. The fraction of sp³-hybridized carbons (Fsp3) is 0.889. The summed E-state index contributed by atoms with van der Waals surface area (Å²) in [6.07, 6.45) is 1.42. The van der Waals surface area contributed by atoms with Crippen molar-refractivity contribution in [1.29, 1.82) is 0 Å². The largest absolute Gasteiger partial charge is 0.452 e. The number of nitrogens with zero attached hydrogens (tertiary/aromatic N) is 1. The Kier molecular flexibility index (Phi) is 4.72. The standard InChI is InChI=1S/C9H19N3O4S/c1-7-4-3-5-8(6-10)12(7)17(14,15)11-9(13)16-2/h7-8H,3-6,10H2,1-2H3,(H,11,13). The van der Waals surface area contributed by atoms with E-state index in [1.807, 2.05) is 4.72 Å². The van der Waals surface area contributed by atoms with Crippen LogP contribution in [0.3, 0.4) is 0 Å². The molecule has 1 heterocycles. The number of hydrogen-bond donors (Lipinski definition) is 2. The summed E-state index contributed by atoms with van der Waals surface area (Å²) < 4.78 is 31.4. The maximum absolute atomic E-state index is 12.0. The van der Waals surface area contributed by atoms with Crippen molar-refractivity contribution in [3.8, 4) is 0 Å². The van der Waals surface area contributed by atoms with E-state index in [4.69, 9.17) is 5.73 Å². The molecule has 1 aliphatic heterocycles. The van der Waals surface area contributed by atoms with Crippen LogP contribution in [0.4, 0.5) is 4.79 Å². The van der Waals surface area contributed by atoms with Crippen LogP contribution in [-0.4, -0.2) is 44.6 Å². The number of methoxy groups -OCH3 is 1. The fourth-order valence-electron chi connectivity index (χ4n) is 2.12. The number of carbonyl (C=O) groups is 1. The molecule has 0 radical (unpaired) electrons. The van der Waals surface area contributed by atoms with Gasteiger partial charge in [0.25, 0.3) is 0 Å². The number of amides is 1. The second kappa shape index (κ2) is 5.65. The van der Waals surface area contributed by atoms with Gasteiger partial charge in [0.15, 0.2) is 0 Å². The predicted octanol–water partition coefficient (Wildman–Crippen LogP) is -0.211. The average Bonchev–Trinajstić information content (AvgIpc) is 2.27. The molecular formula is C9H19N3O4S. The third-order valence-corrected chi connectivity index (χ3v) is 4.54. The molecule has 0 aliphatic carbocycles. The summed E-state index contributed by atoms with van der Waals surface area (Å²) in [4.78, 5) is 11.0. The Morgan fingerprint density at radius 1 is 1.53 bits per heavy atom. The summed E-state index contributed by atoms with van der Waals surface area (Å²) in [6, 6.07) is -0.430. The molecule has 0 aromatic heterocycles. The molecule has 100 valence electrons. The molecule has 1 fully saturated rings. The normalized spacial score (nSPS) is 26.5. The quantitative estimate of drug-likeness (QED) is 0.735. The van der Waals surface area contributed by atoms with Crippen molar-refractivity contribution < 1.29 is 17.9 Å². The van der Waals surface area contributed by atoms with Crippen LogP contribution >= 0.6 is 0 Å². The average molecular weight is 265 g/mol. The molecule has 0 bridgehead atoms. The van der Waals surface area contributed by atoms with Gasteiger partial charge in [-0.25, -0.2) is 9.52 Å². The van der Waals surface area contributed by atoms with Gasteiger partial charge in [0, 0.05) is 18.6 Å². The Labute approximate surface area is 101 Å². The maximum Gasteiger partial charge on any atom is 0.421 e. The molecule has 0 spiro atoms. The van der Waals surface area contributed by atoms with Crippen LogP contribution in [0.5, 0.6) is 0 Å². The van der Waals surface area contributed by atoms with Crippen LogP contribution < -0.4 is 10.5 Å². The molecule has 1 rings (SSSR count). The van der Waals surface area contributed by atoms with Crippen LogP contribution in [0, 0.1) is 0 Å². The lowest BCUT2D eigenvalue weighted by Gasteiger charge is -2.38. The lowest BCUT2D eigenvalue weighted by atomic mass is 10.00. The number of ether oxygens (including phenoxy) is 1. The van der Waals surface area contributed by atoms with Crippen molar-refractivity contribution in [1.82, 2.24) is 9.03 Å². The van der Waals surface area contributed by atoms with E-state index in [9.17, 15) is 13.2 Å². The smallest absolute Gasteiger partial charge is 0.421 e.